The first kappa shape index (κ1) is 15.5. The van der Waals surface area contributed by atoms with Crippen molar-refractivity contribution in [3.8, 4) is 0 Å². The van der Waals surface area contributed by atoms with Crippen molar-refractivity contribution in [3.05, 3.63) is 29.3 Å². The second-order valence-corrected chi connectivity index (χ2v) is 7.09. The highest BCUT2D eigenvalue weighted by Crippen LogP contribution is 2.35. The van der Waals surface area contributed by atoms with Crippen molar-refractivity contribution in [1.29, 1.82) is 0 Å². The number of nitrogens with two attached hydrogens (primary N) is 1. The second kappa shape index (κ2) is 5.85. The van der Waals surface area contributed by atoms with E-state index in [0.29, 0.717) is 16.1 Å². The first-order valence-corrected chi connectivity index (χ1v) is 7.56. The molecule has 1 heterocycles. The second-order valence-electron chi connectivity index (χ2n) is 5.21. The van der Waals surface area contributed by atoms with E-state index in [4.69, 9.17) is 5.73 Å². The topological polar surface area (TPSA) is 29.3 Å². The van der Waals surface area contributed by atoms with Gasteiger partial charge in [-0.25, -0.2) is 0 Å². The normalized spacial score (nSPS) is 24.0. The summed E-state index contributed by atoms with van der Waals surface area (Å²) in [5.74, 6) is 0. The molecule has 1 aromatic carbocycles. The van der Waals surface area contributed by atoms with Crippen LogP contribution in [0.5, 0.6) is 0 Å². The van der Waals surface area contributed by atoms with Crippen LogP contribution in [0.4, 0.5) is 18.9 Å². The minimum absolute atomic E-state index is 0.117. The van der Waals surface area contributed by atoms with E-state index in [9.17, 15) is 13.2 Å². The highest BCUT2D eigenvalue weighted by Gasteiger charge is 2.32. The van der Waals surface area contributed by atoms with Crippen LogP contribution in [-0.2, 0) is 12.7 Å². The molecule has 1 aromatic rings. The number of hydrogen-bond donors (Lipinski definition) is 1. The van der Waals surface area contributed by atoms with Gasteiger partial charge in [0.2, 0.25) is 0 Å². The van der Waals surface area contributed by atoms with Crippen LogP contribution in [0, 0.1) is 0 Å². The van der Waals surface area contributed by atoms with Crippen LogP contribution in [0.1, 0.15) is 25.0 Å². The van der Waals surface area contributed by atoms with Crippen molar-refractivity contribution in [2.45, 2.75) is 37.1 Å². The van der Waals surface area contributed by atoms with Gasteiger partial charge in [-0.15, -0.1) is 0 Å². The Morgan fingerprint density at radius 1 is 1.25 bits per heavy atom. The van der Waals surface area contributed by atoms with Crippen LogP contribution < -0.4 is 10.6 Å². The van der Waals surface area contributed by atoms with Crippen molar-refractivity contribution in [2.75, 3.05) is 18.0 Å². The fourth-order valence-electron chi connectivity index (χ4n) is 2.61. The molecule has 2 nitrogen and oxygen atoms in total. The summed E-state index contributed by atoms with van der Waals surface area (Å²) in [7, 11) is 0. The molecule has 2 atom stereocenters. The molecule has 0 amide bonds. The summed E-state index contributed by atoms with van der Waals surface area (Å²) in [6.45, 7) is 6.07. The Bertz CT molecular complexity index is 466. The van der Waals surface area contributed by atoms with Gasteiger partial charge in [-0.2, -0.15) is 24.9 Å². The van der Waals surface area contributed by atoms with Crippen molar-refractivity contribution in [2.24, 2.45) is 5.73 Å². The summed E-state index contributed by atoms with van der Waals surface area (Å²) in [6.07, 6.45) is -4.32. The molecule has 6 heteroatoms. The van der Waals surface area contributed by atoms with Gasteiger partial charge in [0.05, 0.1) is 5.56 Å². The Balaban J connectivity index is 2.32. The summed E-state index contributed by atoms with van der Waals surface area (Å²) < 4.78 is 38.2. The van der Waals surface area contributed by atoms with Crippen LogP contribution in [0.25, 0.3) is 0 Å². The van der Waals surface area contributed by atoms with Gasteiger partial charge in [0.1, 0.15) is 0 Å². The molecule has 20 heavy (non-hydrogen) atoms. The zero-order valence-corrected chi connectivity index (χ0v) is 12.4. The predicted octanol–water partition coefficient (Wildman–Crippen LogP) is 3.49. The molecular formula is C14H19F3N2S. The summed E-state index contributed by atoms with van der Waals surface area (Å²) in [4.78, 5) is 2.15. The summed E-state index contributed by atoms with van der Waals surface area (Å²) >= 11 is 1.91. The number of benzene rings is 1. The molecule has 0 aromatic heterocycles. The molecule has 112 valence electrons. The number of nitrogens with zero attached hydrogens (tertiary/aromatic N) is 1. The van der Waals surface area contributed by atoms with E-state index < -0.39 is 11.7 Å². The number of halogens is 3. The van der Waals surface area contributed by atoms with E-state index >= 15 is 0 Å². The van der Waals surface area contributed by atoms with Gasteiger partial charge in [-0.05, 0) is 23.8 Å². The molecule has 0 spiro atoms. The van der Waals surface area contributed by atoms with E-state index in [1.165, 1.54) is 6.07 Å². The summed E-state index contributed by atoms with van der Waals surface area (Å²) in [5.41, 5.74) is 6.40. The van der Waals surface area contributed by atoms with Gasteiger partial charge in [-0.3, -0.25) is 0 Å². The fraction of sp³-hybridized carbons (Fsp3) is 0.571. The quantitative estimate of drug-likeness (QED) is 0.907. The Kier molecular flexibility index (Phi) is 4.54. The van der Waals surface area contributed by atoms with Crippen LogP contribution in [0.2, 0.25) is 0 Å². The monoisotopic (exact) mass is 304 g/mol. The van der Waals surface area contributed by atoms with Crippen molar-refractivity contribution in [1.82, 2.24) is 0 Å². The average Bonchev–Trinajstić information content (AvgIpc) is 2.35. The van der Waals surface area contributed by atoms with E-state index in [0.717, 1.165) is 24.8 Å². The lowest BCUT2D eigenvalue weighted by molar-refractivity contribution is -0.137. The molecule has 2 rings (SSSR count). The van der Waals surface area contributed by atoms with Gasteiger partial charge in [0.15, 0.2) is 0 Å². The van der Waals surface area contributed by atoms with Crippen LogP contribution in [0.3, 0.4) is 0 Å². The molecule has 0 radical (unpaired) electrons. The third-order valence-electron chi connectivity index (χ3n) is 3.39. The van der Waals surface area contributed by atoms with Gasteiger partial charge < -0.3 is 10.6 Å². The standard InChI is InChI=1S/C14H19F3N2S/c1-9-7-19(8-10(2)20-9)13-4-3-12(14(15,16)17)5-11(13)6-18/h3-5,9-10H,6-8,18H2,1-2H3. The van der Waals surface area contributed by atoms with Crippen molar-refractivity contribution >= 4 is 17.4 Å². The number of thioether (sulfide) groups is 1. The fourth-order valence-corrected chi connectivity index (χ4v) is 3.93. The SMILES string of the molecule is CC1CN(c2ccc(C(F)(F)F)cc2CN)CC(C)S1. The maximum atomic E-state index is 12.7. The number of anilines is 1. The lowest BCUT2D eigenvalue weighted by atomic mass is 10.1. The Morgan fingerprint density at radius 2 is 1.85 bits per heavy atom. The zero-order valence-electron chi connectivity index (χ0n) is 11.6. The van der Waals surface area contributed by atoms with Gasteiger partial charge in [0, 0.05) is 35.8 Å². The molecule has 2 N–H and O–H groups in total. The van der Waals surface area contributed by atoms with E-state index in [1.807, 2.05) is 11.8 Å². The molecule has 1 aliphatic heterocycles. The molecule has 1 aliphatic rings. The van der Waals surface area contributed by atoms with Gasteiger partial charge in [-0.1, -0.05) is 13.8 Å². The van der Waals surface area contributed by atoms with Gasteiger partial charge >= 0.3 is 6.18 Å². The number of hydrogen-bond acceptors (Lipinski definition) is 3. The van der Waals surface area contributed by atoms with Crippen LogP contribution in [-0.4, -0.2) is 23.6 Å². The van der Waals surface area contributed by atoms with Crippen molar-refractivity contribution in [3.63, 3.8) is 0 Å². The van der Waals surface area contributed by atoms with Crippen LogP contribution in [0.15, 0.2) is 18.2 Å². The van der Waals surface area contributed by atoms with Crippen LogP contribution >= 0.6 is 11.8 Å². The molecule has 0 aliphatic carbocycles. The first-order valence-electron chi connectivity index (χ1n) is 6.62. The lowest BCUT2D eigenvalue weighted by Gasteiger charge is -2.37. The maximum Gasteiger partial charge on any atom is 0.416 e. The number of alkyl halides is 3. The highest BCUT2D eigenvalue weighted by atomic mass is 32.2. The minimum Gasteiger partial charge on any atom is -0.369 e. The molecule has 0 saturated carbocycles. The zero-order chi connectivity index (χ0) is 14.9. The Hall–Kier alpha value is -0.880. The van der Waals surface area contributed by atoms with E-state index in [2.05, 4.69) is 18.7 Å². The molecule has 0 bridgehead atoms. The van der Waals surface area contributed by atoms with E-state index in [1.54, 1.807) is 6.07 Å². The smallest absolute Gasteiger partial charge is 0.369 e. The third-order valence-corrected chi connectivity index (χ3v) is 4.61. The van der Waals surface area contributed by atoms with Crippen molar-refractivity contribution < 1.29 is 13.2 Å². The Labute approximate surface area is 121 Å². The third kappa shape index (κ3) is 3.41. The molecule has 2 unspecified atom stereocenters. The largest absolute Gasteiger partial charge is 0.416 e. The van der Waals surface area contributed by atoms with Gasteiger partial charge in [0.25, 0.3) is 0 Å². The highest BCUT2D eigenvalue weighted by molar-refractivity contribution is 8.00. The number of rotatable bonds is 2. The maximum absolute atomic E-state index is 12.7. The van der Waals surface area contributed by atoms with E-state index in [-0.39, 0.29) is 6.54 Å². The Morgan fingerprint density at radius 3 is 2.35 bits per heavy atom. The average molecular weight is 304 g/mol. The minimum atomic E-state index is -4.32. The lowest BCUT2D eigenvalue weighted by Crippen LogP contribution is -2.41. The predicted molar refractivity (Wildman–Crippen MR) is 78.1 cm³/mol. The molecule has 1 fully saturated rings. The summed E-state index contributed by atoms with van der Waals surface area (Å²) in [5, 5.41) is 0.929. The molecule has 1 saturated heterocycles. The first-order chi connectivity index (χ1) is 9.31. The molecular weight excluding hydrogens is 285 g/mol. The summed E-state index contributed by atoms with van der Waals surface area (Å²) in [6, 6.07) is 3.87.